The summed E-state index contributed by atoms with van der Waals surface area (Å²) in [5.74, 6) is 0. The van der Waals surface area contributed by atoms with Crippen molar-refractivity contribution < 1.29 is 5.11 Å². The number of hydrogen-bond donors (Lipinski definition) is 1. The summed E-state index contributed by atoms with van der Waals surface area (Å²) in [4.78, 5) is 0. The van der Waals surface area contributed by atoms with Crippen molar-refractivity contribution in [2.24, 2.45) is 0 Å². The molecular weight excluding hydrogens is 114 g/mol. The van der Waals surface area contributed by atoms with E-state index in [2.05, 4.69) is 18.5 Å². The van der Waals surface area contributed by atoms with Crippen LogP contribution >= 0.6 is 18.5 Å². The summed E-state index contributed by atoms with van der Waals surface area (Å²) in [7, 11) is 5.10. The van der Waals surface area contributed by atoms with E-state index in [-0.39, 0.29) is 6.61 Å². The second kappa shape index (κ2) is 3.99. The van der Waals surface area contributed by atoms with Crippen LogP contribution in [0.1, 0.15) is 0 Å². The van der Waals surface area contributed by atoms with Gasteiger partial charge in [-0.15, -0.1) is 18.5 Å². The zero-order chi connectivity index (χ0) is 4.99. The molecule has 0 fully saturated rings. The highest BCUT2D eigenvalue weighted by molar-refractivity contribution is 7.22. The molecule has 0 rings (SSSR count). The summed E-state index contributed by atoms with van der Waals surface area (Å²) >= 11 is 0. The van der Waals surface area contributed by atoms with Crippen molar-refractivity contribution in [1.29, 1.82) is 0 Å². The van der Waals surface area contributed by atoms with Crippen LogP contribution in [0.25, 0.3) is 0 Å². The average Bonchev–Trinajstić information content (AvgIpc) is 1.65. The molecule has 3 unspecified atom stereocenters. The molecule has 0 bridgehead atoms. The zero-order valence-corrected chi connectivity index (χ0v) is 5.90. The van der Waals surface area contributed by atoms with Crippen LogP contribution in [0, 0.1) is 0 Å². The van der Waals surface area contributed by atoms with Crippen molar-refractivity contribution in [3.63, 3.8) is 0 Å². The molecule has 6 heavy (non-hydrogen) atoms. The summed E-state index contributed by atoms with van der Waals surface area (Å²) in [5, 5.41) is 8.30. The molecule has 0 aliphatic heterocycles. The Morgan fingerprint density at radius 1 is 1.67 bits per heavy atom. The van der Waals surface area contributed by atoms with Gasteiger partial charge in [0.05, 0.1) is 0 Å². The van der Waals surface area contributed by atoms with Gasteiger partial charge in [-0.3, -0.25) is 0 Å². The third-order valence-corrected chi connectivity index (χ3v) is 2.17. The van der Waals surface area contributed by atoms with E-state index in [9.17, 15) is 0 Å². The van der Waals surface area contributed by atoms with Crippen LogP contribution in [0.2, 0.25) is 0 Å². The van der Waals surface area contributed by atoms with Gasteiger partial charge in [0.15, 0.2) is 0 Å². The standard InChI is InChI=1S/C3H10OP2/c4-1-3(6)2-5/h3-4H,1-2,5-6H2. The smallest absolute Gasteiger partial charge is 0.0496 e. The molecule has 0 amide bonds. The van der Waals surface area contributed by atoms with Crippen LogP contribution in [0.15, 0.2) is 0 Å². The minimum absolute atomic E-state index is 0.272. The minimum atomic E-state index is 0.272. The quantitative estimate of drug-likeness (QED) is 0.517. The highest BCUT2D eigenvalue weighted by atomic mass is 31.0. The lowest BCUT2D eigenvalue weighted by atomic mass is 10.5. The SMILES string of the molecule is OCC(P)CP. The maximum absolute atomic E-state index is 8.30. The van der Waals surface area contributed by atoms with Gasteiger partial charge in [-0.1, -0.05) is 0 Å². The zero-order valence-electron chi connectivity index (χ0n) is 3.59. The minimum Gasteiger partial charge on any atom is -0.396 e. The Bertz CT molecular complexity index is 28.0. The molecule has 0 aromatic rings. The average molecular weight is 124 g/mol. The summed E-state index contributed by atoms with van der Waals surface area (Å²) in [5.41, 5.74) is 0.370. The van der Waals surface area contributed by atoms with Gasteiger partial charge in [0.25, 0.3) is 0 Å². The topological polar surface area (TPSA) is 20.2 Å². The van der Waals surface area contributed by atoms with E-state index in [4.69, 9.17) is 5.11 Å². The second-order valence-electron chi connectivity index (χ2n) is 1.18. The van der Waals surface area contributed by atoms with E-state index in [1.54, 1.807) is 0 Å². The maximum Gasteiger partial charge on any atom is 0.0496 e. The van der Waals surface area contributed by atoms with Crippen molar-refractivity contribution in [2.45, 2.75) is 5.66 Å². The second-order valence-corrected chi connectivity index (χ2v) is 2.59. The van der Waals surface area contributed by atoms with Crippen LogP contribution < -0.4 is 0 Å². The summed E-state index contributed by atoms with van der Waals surface area (Å²) in [6, 6.07) is 0. The van der Waals surface area contributed by atoms with Crippen LogP contribution in [0.3, 0.4) is 0 Å². The third kappa shape index (κ3) is 3.03. The normalized spacial score (nSPS) is 14.5. The Balaban J connectivity index is 2.75. The molecule has 0 saturated heterocycles. The molecular formula is C3H10OP2. The van der Waals surface area contributed by atoms with E-state index in [1.807, 2.05) is 0 Å². The van der Waals surface area contributed by atoms with Gasteiger partial charge in [-0.2, -0.15) is 0 Å². The Labute approximate surface area is 42.9 Å². The summed E-state index contributed by atoms with van der Waals surface area (Å²) < 4.78 is 0. The van der Waals surface area contributed by atoms with E-state index >= 15 is 0 Å². The molecule has 38 valence electrons. The molecule has 0 heterocycles. The predicted octanol–water partition coefficient (Wildman–Crippen LogP) is 0.0975. The van der Waals surface area contributed by atoms with E-state index in [0.717, 1.165) is 6.16 Å². The van der Waals surface area contributed by atoms with E-state index in [1.165, 1.54) is 0 Å². The number of hydrogen-bond acceptors (Lipinski definition) is 1. The Morgan fingerprint density at radius 3 is 2.17 bits per heavy atom. The van der Waals surface area contributed by atoms with Gasteiger partial charge >= 0.3 is 0 Å². The summed E-state index contributed by atoms with van der Waals surface area (Å²) in [6.45, 7) is 0.272. The van der Waals surface area contributed by atoms with Gasteiger partial charge in [0.2, 0.25) is 0 Å². The predicted molar refractivity (Wildman–Crippen MR) is 35.2 cm³/mol. The fraction of sp³-hybridized carbons (Fsp3) is 1.00. The Hall–Kier alpha value is 0.820. The molecule has 0 radical (unpaired) electrons. The fourth-order valence-electron chi connectivity index (χ4n) is 0.0745. The van der Waals surface area contributed by atoms with Crippen molar-refractivity contribution in [1.82, 2.24) is 0 Å². The van der Waals surface area contributed by atoms with Crippen molar-refractivity contribution in [3.05, 3.63) is 0 Å². The van der Waals surface area contributed by atoms with Crippen molar-refractivity contribution in [3.8, 4) is 0 Å². The highest BCUT2D eigenvalue weighted by Crippen LogP contribution is 2.00. The number of aliphatic hydroxyl groups is 1. The first kappa shape index (κ1) is 6.82. The molecule has 1 N–H and O–H groups in total. The monoisotopic (exact) mass is 124 g/mol. The number of aliphatic hydroxyl groups excluding tert-OH is 1. The lowest BCUT2D eigenvalue weighted by Crippen LogP contribution is -2.03. The molecule has 0 spiro atoms. The van der Waals surface area contributed by atoms with Crippen LogP contribution in [-0.4, -0.2) is 23.5 Å². The van der Waals surface area contributed by atoms with Gasteiger partial charge in [0, 0.05) is 12.3 Å². The molecule has 0 aliphatic rings. The largest absolute Gasteiger partial charge is 0.396 e. The molecule has 3 atom stereocenters. The molecule has 0 aliphatic carbocycles. The van der Waals surface area contributed by atoms with Crippen molar-refractivity contribution >= 4 is 18.5 Å². The van der Waals surface area contributed by atoms with Crippen LogP contribution in [0.5, 0.6) is 0 Å². The van der Waals surface area contributed by atoms with Gasteiger partial charge in [-0.05, 0) is 6.16 Å². The first-order chi connectivity index (χ1) is 2.81. The van der Waals surface area contributed by atoms with Gasteiger partial charge < -0.3 is 5.11 Å². The summed E-state index contributed by atoms with van der Waals surface area (Å²) in [6.07, 6.45) is 0.959. The fourth-order valence-corrected chi connectivity index (χ4v) is 0.224. The van der Waals surface area contributed by atoms with E-state index in [0.29, 0.717) is 5.66 Å². The molecule has 0 aromatic carbocycles. The van der Waals surface area contributed by atoms with Gasteiger partial charge in [-0.25, -0.2) is 0 Å². The first-order valence-corrected chi connectivity index (χ1v) is 3.36. The van der Waals surface area contributed by atoms with E-state index < -0.39 is 0 Å². The lowest BCUT2D eigenvalue weighted by molar-refractivity contribution is 0.301. The van der Waals surface area contributed by atoms with Crippen LogP contribution in [0.4, 0.5) is 0 Å². The molecule has 0 aromatic heterocycles. The van der Waals surface area contributed by atoms with Crippen LogP contribution in [-0.2, 0) is 0 Å². The number of rotatable bonds is 2. The molecule has 3 heteroatoms. The maximum atomic E-state index is 8.30. The Kier molecular flexibility index (Phi) is 4.54. The third-order valence-electron chi connectivity index (χ3n) is 0.537. The van der Waals surface area contributed by atoms with Crippen molar-refractivity contribution in [2.75, 3.05) is 12.8 Å². The Morgan fingerprint density at radius 2 is 2.17 bits per heavy atom. The molecule has 0 saturated carbocycles. The first-order valence-electron chi connectivity index (χ1n) is 1.87. The molecule has 1 nitrogen and oxygen atoms in total. The lowest BCUT2D eigenvalue weighted by Gasteiger charge is -1.97. The highest BCUT2D eigenvalue weighted by Gasteiger charge is 1.90. The van der Waals surface area contributed by atoms with Gasteiger partial charge in [0.1, 0.15) is 0 Å².